The second-order valence-electron chi connectivity index (χ2n) is 8.42. The van der Waals surface area contributed by atoms with Crippen LogP contribution >= 0.6 is 0 Å². The normalized spacial score (nSPS) is 22.5. The zero-order chi connectivity index (χ0) is 21.3. The molecule has 2 aromatic rings. The largest absolute Gasteiger partial charge is 0.485 e. The van der Waals surface area contributed by atoms with E-state index >= 15 is 0 Å². The van der Waals surface area contributed by atoms with Crippen LogP contribution in [0.1, 0.15) is 17.5 Å². The Morgan fingerprint density at radius 3 is 2.74 bits per heavy atom. The summed E-state index contributed by atoms with van der Waals surface area (Å²) in [6, 6.07) is 13.7. The van der Waals surface area contributed by atoms with Gasteiger partial charge in [0.25, 0.3) is 0 Å². The van der Waals surface area contributed by atoms with Crippen molar-refractivity contribution in [1.29, 1.82) is 0 Å². The SMILES string of the molecule is O=C(OCc1ccccc1)N1CCC2(Cc3cc([NH2+]O)c(N4CCOCC4)cc3O2)C1. The van der Waals surface area contributed by atoms with Crippen molar-refractivity contribution in [3.8, 4) is 5.75 Å². The summed E-state index contributed by atoms with van der Waals surface area (Å²) in [4.78, 5) is 16.5. The topological polar surface area (TPSA) is 88.1 Å². The number of hydrogen-bond donors (Lipinski definition) is 2. The second-order valence-corrected chi connectivity index (χ2v) is 8.42. The molecule has 1 spiro atoms. The van der Waals surface area contributed by atoms with Crippen LogP contribution in [0.15, 0.2) is 42.5 Å². The van der Waals surface area contributed by atoms with Gasteiger partial charge in [-0.1, -0.05) is 30.3 Å². The summed E-state index contributed by atoms with van der Waals surface area (Å²) in [5, 5.41) is 9.81. The summed E-state index contributed by atoms with van der Waals surface area (Å²) >= 11 is 0. The number of fused-ring (bicyclic) bond motifs is 1. The number of rotatable bonds is 4. The summed E-state index contributed by atoms with van der Waals surface area (Å²) in [5.41, 5.74) is 4.52. The van der Waals surface area contributed by atoms with Gasteiger partial charge in [0.1, 0.15) is 23.6 Å². The first kappa shape index (κ1) is 20.1. The lowest BCUT2D eigenvalue weighted by Gasteiger charge is -2.29. The van der Waals surface area contributed by atoms with E-state index in [-0.39, 0.29) is 12.7 Å². The van der Waals surface area contributed by atoms with Gasteiger partial charge in [0.15, 0.2) is 5.69 Å². The molecular weight excluding hydrogens is 398 g/mol. The molecule has 1 atom stereocenters. The Kier molecular flexibility index (Phi) is 5.43. The molecule has 3 heterocycles. The van der Waals surface area contributed by atoms with Gasteiger partial charge in [-0.2, -0.15) is 5.48 Å². The van der Waals surface area contributed by atoms with E-state index in [1.165, 1.54) is 0 Å². The van der Waals surface area contributed by atoms with Crippen molar-refractivity contribution in [3.63, 3.8) is 0 Å². The quantitative estimate of drug-likeness (QED) is 0.573. The summed E-state index contributed by atoms with van der Waals surface area (Å²) in [7, 11) is 0. The minimum absolute atomic E-state index is 0.267. The van der Waals surface area contributed by atoms with E-state index in [9.17, 15) is 10.0 Å². The Labute approximate surface area is 181 Å². The summed E-state index contributed by atoms with van der Waals surface area (Å²) in [6.45, 7) is 4.29. The average Bonchev–Trinajstić information content (AvgIpc) is 3.39. The van der Waals surface area contributed by atoms with E-state index < -0.39 is 5.60 Å². The molecule has 0 bridgehead atoms. The van der Waals surface area contributed by atoms with Crippen molar-refractivity contribution in [2.24, 2.45) is 0 Å². The number of anilines is 1. The number of quaternary nitrogens is 1. The molecule has 0 saturated carbocycles. The van der Waals surface area contributed by atoms with Crippen LogP contribution in [-0.2, 0) is 22.5 Å². The molecule has 1 amide bonds. The number of nitrogens with zero attached hydrogens (tertiary/aromatic N) is 2. The molecule has 3 aliphatic rings. The van der Waals surface area contributed by atoms with Crippen molar-refractivity contribution >= 4 is 17.5 Å². The van der Waals surface area contributed by atoms with Crippen molar-refractivity contribution in [2.45, 2.75) is 25.0 Å². The number of ether oxygens (including phenoxy) is 3. The van der Waals surface area contributed by atoms with Gasteiger partial charge in [0, 0.05) is 50.2 Å². The number of hydrogen-bond acceptors (Lipinski definition) is 6. The zero-order valence-electron chi connectivity index (χ0n) is 17.5. The summed E-state index contributed by atoms with van der Waals surface area (Å²) in [5.74, 6) is 0.839. The molecule has 2 saturated heterocycles. The van der Waals surface area contributed by atoms with E-state index in [2.05, 4.69) is 4.90 Å². The van der Waals surface area contributed by atoms with Gasteiger partial charge >= 0.3 is 6.09 Å². The van der Waals surface area contributed by atoms with Gasteiger partial charge < -0.3 is 24.0 Å². The van der Waals surface area contributed by atoms with Crippen LogP contribution in [0.5, 0.6) is 5.75 Å². The average molecular weight is 426 g/mol. The standard InChI is InChI=1S/C23H27N3O5/c27-22(30-15-17-4-2-1-3-5-17)26-7-6-23(16-26)14-18-12-19(24-28)20(13-21(18)31-23)25-8-10-29-11-9-25/h1-5,12-13,24,28H,6-11,14-16H2/p+1. The minimum Gasteiger partial charge on any atom is -0.485 e. The number of carbonyl (C=O) groups is 1. The third-order valence-corrected chi connectivity index (χ3v) is 6.32. The van der Waals surface area contributed by atoms with Crippen LogP contribution < -0.4 is 15.1 Å². The van der Waals surface area contributed by atoms with Gasteiger partial charge in [0.2, 0.25) is 0 Å². The Bertz CT molecular complexity index is 948. The Hall–Kier alpha value is -2.81. The molecule has 3 N–H and O–H groups in total. The second kappa shape index (κ2) is 8.37. The van der Waals surface area contributed by atoms with Gasteiger partial charge in [0.05, 0.1) is 19.8 Å². The molecular formula is C23H28N3O5+. The fraction of sp³-hybridized carbons (Fsp3) is 0.435. The smallest absolute Gasteiger partial charge is 0.410 e. The molecule has 164 valence electrons. The van der Waals surface area contributed by atoms with E-state index in [4.69, 9.17) is 14.2 Å². The Morgan fingerprint density at radius 2 is 1.97 bits per heavy atom. The van der Waals surface area contributed by atoms with Crippen molar-refractivity contribution in [3.05, 3.63) is 53.6 Å². The van der Waals surface area contributed by atoms with E-state index in [1.807, 2.05) is 42.5 Å². The number of amides is 1. The maximum Gasteiger partial charge on any atom is 0.410 e. The molecule has 0 radical (unpaired) electrons. The lowest BCUT2D eigenvalue weighted by atomic mass is 9.96. The molecule has 5 rings (SSSR count). The maximum absolute atomic E-state index is 12.6. The molecule has 1 unspecified atom stereocenters. The molecule has 31 heavy (non-hydrogen) atoms. The highest BCUT2D eigenvalue weighted by atomic mass is 16.6. The third kappa shape index (κ3) is 4.06. The number of benzene rings is 2. The van der Waals surface area contributed by atoms with Gasteiger partial charge in [-0.15, -0.1) is 0 Å². The van der Waals surface area contributed by atoms with Gasteiger partial charge in [-0.25, -0.2) is 10.0 Å². The van der Waals surface area contributed by atoms with Crippen molar-refractivity contribution < 1.29 is 29.7 Å². The number of likely N-dealkylation sites (tertiary alicyclic amines) is 1. The van der Waals surface area contributed by atoms with E-state index in [1.54, 1.807) is 4.90 Å². The van der Waals surface area contributed by atoms with E-state index in [0.29, 0.717) is 26.3 Å². The first-order chi connectivity index (χ1) is 15.2. The predicted molar refractivity (Wildman–Crippen MR) is 113 cm³/mol. The van der Waals surface area contributed by atoms with Crippen molar-refractivity contribution in [1.82, 2.24) is 4.90 Å². The highest BCUT2D eigenvalue weighted by Gasteiger charge is 2.47. The Balaban J connectivity index is 1.26. The highest BCUT2D eigenvalue weighted by molar-refractivity contribution is 5.70. The monoisotopic (exact) mass is 426 g/mol. The number of nitrogens with two attached hydrogens (primary N) is 1. The molecule has 0 aromatic heterocycles. The van der Waals surface area contributed by atoms with Crippen LogP contribution in [0, 0.1) is 0 Å². The van der Waals surface area contributed by atoms with Crippen LogP contribution in [-0.4, -0.2) is 61.2 Å². The lowest BCUT2D eigenvalue weighted by Crippen LogP contribution is -2.74. The summed E-state index contributed by atoms with van der Waals surface area (Å²) in [6.07, 6.45) is 1.17. The zero-order valence-corrected chi connectivity index (χ0v) is 17.5. The maximum atomic E-state index is 12.6. The number of carbonyl (C=O) groups excluding carboxylic acids is 1. The molecule has 0 aliphatic carbocycles. The summed E-state index contributed by atoms with van der Waals surface area (Å²) < 4.78 is 17.4. The molecule has 8 nitrogen and oxygen atoms in total. The first-order valence-electron chi connectivity index (χ1n) is 10.8. The van der Waals surface area contributed by atoms with Crippen LogP contribution in [0.25, 0.3) is 0 Å². The molecule has 2 fully saturated rings. The minimum atomic E-state index is -0.426. The van der Waals surface area contributed by atoms with E-state index in [0.717, 1.165) is 59.7 Å². The fourth-order valence-electron chi connectivity index (χ4n) is 4.70. The molecule has 8 heteroatoms. The number of morpholine rings is 1. The van der Waals surface area contributed by atoms with Crippen LogP contribution in [0.2, 0.25) is 0 Å². The Morgan fingerprint density at radius 1 is 1.16 bits per heavy atom. The molecule has 2 aromatic carbocycles. The molecule has 3 aliphatic heterocycles. The van der Waals surface area contributed by atoms with Gasteiger partial charge in [-0.05, 0) is 5.56 Å². The van der Waals surface area contributed by atoms with Crippen LogP contribution in [0.3, 0.4) is 0 Å². The van der Waals surface area contributed by atoms with Crippen LogP contribution in [0.4, 0.5) is 16.2 Å². The predicted octanol–water partition coefficient (Wildman–Crippen LogP) is 1.82. The highest BCUT2D eigenvalue weighted by Crippen LogP contribution is 2.44. The first-order valence-corrected chi connectivity index (χ1v) is 10.8. The fourth-order valence-corrected chi connectivity index (χ4v) is 4.70. The third-order valence-electron chi connectivity index (χ3n) is 6.32. The van der Waals surface area contributed by atoms with Crippen molar-refractivity contribution in [2.75, 3.05) is 44.3 Å². The lowest BCUT2D eigenvalue weighted by molar-refractivity contribution is -0.825. The van der Waals surface area contributed by atoms with Gasteiger partial charge in [-0.3, -0.25) is 0 Å².